The SMILES string of the molecule is C.C.CC1(C)Oc2cc(Br)cnc2NC1=O.Cc1c(CN(C)C(=O)/C=C/c2cnc3c(c2)OC(C)(C)C(=O)N3)oc2ccccc12.Nc1ncc(Br)cc1O. The monoisotopic (exact) mass is 881 g/mol. The van der Waals surface area contributed by atoms with Crippen LogP contribution in [0.5, 0.6) is 17.2 Å². The van der Waals surface area contributed by atoms with E-state index < -0.39 is 11.2 Å². The quantitative estimate of drug-likeness (QED) is 0.127. The number of aromatic hydroxyl groups is 1. The fourth-order valence-corrected chi connectivity index (χ4v) is 5.51. The molecule has 4 aromatic heterocycles. The van der Waals surface area contributed by atoms with E-state index in [4.69, 9.17) is 24.7 Å². The third-order valence-electron chi connectivity index (χ3n) is 7.96. The lowest BCUT2D eigenvalue weighted by Gasteiger charge is -2.30. The van der Waals surface area contributed by atoms with Gasteiger partial charge < -0.3 is 40.3 Å². The largest absolute Gasteiger partial charge is 0.504 e. The molecule has 0 bridgehead atoms. The Kier molecular flexibility index (Phi) is 14.2. The number of nitrogens with two attached hydrogens (primary N) is 1. The minimum atomic E-state index is -0.975. The van der Waals surface area contributed by atoms with Crippen LogP contribution in [0.2, 0.25) is 0 Å². The first kappa shape index (κ1) is 43.9. The van der Waals surface area contributed by atoms with E-state index in [-0.39, 0.29) is 44.1 Å². The lowest BCUT2D eigenvalue weighted by Crippen LogP contribution is -2.46. The van der Waals surface area contributed by atoms with Crippen molar-refractivity contribution in [1.29, 1.82) is 0 Å². The summed E-state index contributed by atoms with van der Waals surface area (Å²) in [7, 11) is 1.73. The second-order valence-electron chi connectivity index (χ2n) is 13.0. The highest BCUT2D eigenvalue weighted by Crippen LogP contribution is 2.34. The van der Waals surface area contributed by atoms with Crippen LogP contribution in [0, 0.1) is 6.92 Å². The summed E-state index contributed by atoms with van der Waals surface area (Å²) in [6.07, 6.45) is 7.86. The van der Waals surface area contributed by atoms with Gasteiger partial charge in [-0.1, -0.05) is 33.1 Å². The lowest BCUT2D eigenvalue weighted by molar-refractivity contribution is -0.130. The Morgan fingerprint density at radius 1 is 0.891 bits per heavy atom. The van der Waals surface area contributed by atoms with Crippen molar-refractivity contribution in [2.75, 3.05) is 23.4 Å². The number of amides is 3. The number of halogens is 2. The third kappa shape index (κ3) is 10.6. The van der Waals surface area contributed by atoms with Crippen molar-refractivity contribution in [3.8, 4) is 17.2 Å². The number of pyridine rings is 3. The average molecular weight is 884 g/mol. The number of fused-ring (bicyclic) bond motifs is 3. The number of carbonyl (C=O) groups excluding carboxylic acids is 3. The Balaban J connectivity index is 0.000000268. The van der Waals surface area contributed by atoms with E-state index in [1.165, 1.54) is 18.3 Å². The van der Waals surface area contributed by atoms with Crippen LogP contribution in [-0.4, -0.2) is 60.9 Å². The van der Waals surface area contributed by atoms with Crippen LogP contribution in [0.15, 0.2) is 80.5 Å². The number of nitrogens with one attached hydrogen (secondary N) is 2. The van der Waals surface area contributed by atoms with Crippen molar-refractivity contribution in [2.45, 2.75) is 67.2 Å². The molecule has 7 rings (SSSR count). The first-order valence-corrected chi connectivity index (χ1v) is 17.7. The van der Waals surface area contributed by atoms with Gasteiger partial charge in [-0.05, 0) is 102 Å². The number of likely N-dealkylation sites (N-methyl/N-ethyl adjacent to an activating group) is 1. The van der Waals surface area contributed by atoms with E-state index in [0.717, 1.165) is 26.8 Å². The molecule has 0 saturated heterocycles. The van der Waals surface area contributed by atoms with Gasteiger partial charge >= 0.3 is 0 Å². The summed E-state index contributed by atoms with van der Waals surface area (Å²) in [5, 5.41) is 15.3. The molecule has 2 aliphatic rings. The van der Waals surface area contributed by atoms with Crippen LogP contribution in [0.25, 0.3) is 17.0 Å². The third-order valence-corrected chi connectivity index (χ3v) is 8.83. The molecule has 0 fully saturated rings. The van der Waals surface area contributed by atoms with E-state index in [2.05, 4.69) is 57.4 Å². The van der Waals surface area contributed by atoms with Crippen LogP contribution in [0.1, 0.15) is 59.4 Å². The summed E-state index contributed by atoms with van der Waals surface area (Å²) in [4.78, 5) is 49.5. The molecule has 292 valence electrons. The minimum Gasteiger partial charge on any atom is -0.504 e. The molecular formula is C39H45Br2N7O7. The maximum absolute atomic E-state index is 12.6. The summed E-state index contributed by atoms with van der Waals surface area (Å²) >= 11 is 6.41. The summed E-state index contributed by atoms with van der Waals surface area (Å²) in [6, 6.07) is 12.8. The van der Waals surface area contributed by atoms with E-state index in [1.54, 1.807) is 70.2 Å². The van der Waals surface area contributed by atoms with Gasteiger partial charge in [-0.3, -0.25) is 14.4 Å². The number of hydrogen-bond acceptors (Lipinski definition) is 11. The summed E-state index contributed by atoms with van der Waals surface area (Å²) in [5.41, 5.74) is 5.94. The van der Waals surface area contributed by atoms with Crippen molar-refractivity contribution in [2.24, 2.45) is 0 Å². The minimum absolute atomic E-state index is 0. The summed E-state index contributed by atoms with van der Waals surface area (Å²) in [6.45, 7) is 9.17. The Hall–Kier alpha value is -5.48. The summed E-state index contributed by atoms with van der Waals surface area (Å²) < 4.78 is 18.7. The van der Waals surface area contributed by atoms with Crippen molar-refractivity contribution in [3.05, 3.63) is 93.0 Å². The maximum Gasteiger partial charge on any atom is 0.269 e. The standard InChI is InChI=1S/C23H23N3O4.C9H9BrN2O2.C5H5BrN2O.2CH4/c1-14-16-7-5-6-8-17(16)29-19(14)13-26(4)20(27)10-9-15-11-18-21(24-12-15)25-22(28)23(2,3)30-18;1-9(2)8(13)12-7-6(14-9)3-5(10)4-11-7;6-3-1-4(9)5(7)8-2-3;;/h5-12H,13H2,1-4H3,(H,24,25,28);3-4H,1-2H3,(H,11,12,13);1-2,9H,(H2,7,8);2*1H4/b10-9+;;;;. The Morgan fingerprint density at radius 3 is 2.02 bits per heavy atom. The van der Waals surface area contributed by atoms with Crippen LogP contribution in [0.4, 0.5) is 17.5 Å². The molecule has 16 heteroatoms. The molecule has 2 aliphatic heterocycles. The number of nitrogen functional groups attached to an aromatic ring is 1. The Bertz CT molecular complexity index is 2240. The number of aromatic nitrogens is 3. The molecule has 6 heterocycles. The highest BCUT2D eigenvalue weighted by atomic mass is 79.9. The number of para-hydroxylation sites is 1. The molecule has 0 aliphatic carbocycles. The normalized spacial score (nSPS) is 14.3. The average Bonchev–Trinajstić information content (AvgIpc) is 3.41. The molecule has 3 amide bonds. The van der Waals surface area contributed by atoms with Crippen LogP contribution in [0.3, 0.4) is 0 Å². The van der Waals surface area contributed by atoms with Gasteiger partial charge in [0.25, 0.3) is 11.8 Å². The van der Waals surface area contributed by atoms with Crippen LogP contribution in [-0.2, 0) is 20.9 Å². The number of benzene rings is 1. The van der Waals surface area contributed by atoms with Gasteiger partial charge in [-0.2, -0.15) is 0 Å². The number of aryl methyl sites for hydroxylation is 1. The topological polar surface area (TPSA) is 195 Å². The predicted molar refractivity (Wildman–Crippen MR) is 221 cm³/mol. The van der Waals surface area contributed by atoms with Gasteiger partial charge in [-0.15, -0.1) is 0 Å². The first-order chi connectivity index (χ1) is 24.9. The maximum atomic E-state index is 12.6. The first-order valence-electron chi connectivity index (χ1n) is 16.1. The van der Waals surface area contributed by atoms with Gasteiger partial charge in [0.2, 0.25) is 5.91 Å². The highest BCUT2D eigenvalue weighted by molar-refractivity contribution is 9.10. The molecule has 0 atom stereocenters. The van der Waals surface area contributed by atoms with Crippen molar-refractivity contribution in [3.63, 3.8) is 0 Å². The van der Waals surface area contributed by atoms with Crippen molar-refractivity contribution < 1.29 is 33.4 Å². The molecule has 1 aromatic carbocycles. The van der Waals surface area contributed by atoms with E-state index in [9.17, 15) is 14.4 Å². The van der Waals surface area contributed by atoms with Crippen molar-refractivity contribution >= 4 is 84.1 Å². The van der Waals surface area contributed by atoms with Gasteiger partial charge in [0.15, 0.2) is 45.9 Å². The number of furan rings is 1. The fourth-order valence-electron chi connectivity index (χ4n) is 4.88. The van der Waals surface area contributed by atoms with Gasteiger partial charge in [-0.25, -0.2) is 15.0 Å². The zero-order valence-electron chi connectivity index (χ0n) is 29.7. The van der Waals surface area contributed by atoms with Crippen LogP contribution >= 0.6 is 31.9 Å². The number of ether oxygens (including phenoxy) is 2. The van der Waals surface area contributed by atoms with Crippen molar-refractivity contribution in [1.82, 2.24) is 19.9 Å². The van der Waals surface area contributed by atoms with E-state index >= 15 is 0 Å². The van der Waals surface area contributed by atoms with E-state index in [1.807, 2.05) is 31.2 Å². The predicted octanol–water partition coefficient (Wildman–Crippen LogP) is 8.28. The zero-order chi connectivity index (χ0) is 38.7. The molecule has 0 saturated carbocycles. The fraction of sp³-hybridized carbons (Fsp3) is 0.282. The number of carbonyl (C=O) groups is 3. The smallest absolute Gasteiger partial charge is 0.269 e. The molecule has 0 unspecified atom stereocenters. The summed E-state index contributed by atoms with van der Waals surface area (Å²) in [5.74, 6) is 2.23. The molecule has 55 heavy (non-hydrogen) atoms. The second kappa shape index (κ2) is 17.8. The van der Waals surface area contributed by atoms with Gasteiger partial charge in [0.1, 0.15) is 11.3 Å². The molecule has 5 aromatic rings. The van der Waals surface area contributed by atoms with Gasteiger partial charge in [0, 0.05) is 51.6 Å². The molecule has 0 spiro atoms. The zero-order valence-corrected chi connectivity index (χ0v) is 32.8. The van der Waals surface area contributed by atoms with Crippen LogP contribution < -0.4 is 25.8 Å². The van der Waals surface area contributed by atoms with E-state index in [0.29, 0.717) is 39.7 Å². The van der Waals surface area contributed by atoms with Gasteiger partial charge in [0.05, 0.1) is 6.54 Å². The molecule has 14 nitrogen and oxygen atoms in total. The highest BCUT2D eigenvalue weighted by Gasteiger charge is 2.37. The second-order valence-corrected chi connectivity index (χ2v) is 14.8. The Morgan fingerprint density at radius 2 is 1.44 bits per heavy atom. The molecular weight excluding hydrogens is 838 g/mol. The number of nitrogens with zero attached hydrogens (tertiary/aromatic N) is 4. The molecule has 0 radical (unpaired) electrons. The number of hydrogen-bond donors (Lipinski definition) is 4. The number of anilines is 3. The Labute approximate surface area is 336 Å². The number of rotatable bonds is 4. The molecule has 5 N–H and O–H groups in total. The lowest BCUT2D eigenvalue weighted by atomic mass is 10.1.